The number of aromatic amines is 1. The Morgan fingerprint density at radius 1 is 1.03 bits per heavy atom. The number of hydrogen-bond donors (Lipinski definition) is 4. The van der Waals surface area contributed by atoms with Crippen LogP contribution in [-0.4, -0.2) is 25.8 Å². The van der Waals surface area contributed by atoms with Gasteiger partial charge < -0.3 is 21.4 Å². The summed E-state index contributed by atoms with van der Waals surface area (Å²) in [6.45, 7) is 1.79. The highest BCUT2D eigenvalue weighted by Gasteiger charge is 2.33. The maximum Gasteiger partial charge on any atom is 0.417 e. The SMILES string of the molecule is C[C@@H](Nc1ncc(C(F)(F)F)cc1C(=O)Nc1ccc(F)cc1)c1ccc(-c2c[nH]c3ncnc(N)c23)cc1. The fourth-order valence-corrected chi connectivity index (χ4v) is 4.09. The summed E-state index contributed by atoms with van der Waals surface area (Å²) < 4.78 is 53.4. The van der Waals surface area contributed by atoms with Gasteiger partial charge in [0.15, 0.2) is 0 Å². The van der Waals surface area contributed by atoms with Gasteiger partial charge in [-0.2, -0.15) is 13.2 Å². The predicted molar refractivity (Wildman–Crippen MR) is 139 cm³/mol. The minimum Gasteiger partial charge on any atom is -0.383 e. The lowest BCUT2D eigenvalue weighted by Crippen LogP contribution is -2.19. The van der Waals surface area contributed by atoms with Crippen LogP contribution in [0.2, 0.25) is 0 Å². The Balaban J connectivity index is 1.41. The van der Waals surface area contributed by atoms with Gasteiger partial charge in [0.05, 0.1) is 16.5 Å². The molecule has 0 bridgehead atoms. The molecule has 39 heavy (non-hydrogen) atoms. The van der Waals surface area contributed by atoms with E-state index in [1.807, 2.05) is 24.3 Å². The van der Waals surface area contributed by atoms with Crippen molar-refractivity contribution in [2.45, 2.75) is 19.1 Å². The number of amides is 1. The number of rotatable bonds is 6. The molecule has 0 unspecified atom stereocenters. The smallest absolute Gasteiger partial charge is 0.383 e. The van der Waals surface area contributed by atoms with Crippen molar-refractivity contribution >= 4 is 34.3 Å². The van der Waals surface area contributed by atoms with Crippen LogP contribution in [0.3, 0.4) is 0 Å². The second-order valence-electron chi connectivity index (χ2n) is 8.75. The lowest BCUT2D eigenvalue weighted by atomic mass is 10.0. The maximum absolute atomic E-state index is 13.4. The summed E-state index contributed by atoms with van der Waals surface area (Å²) in [7, 11) is 0. The van der Waals surface area contributed by atoms with Crippen LogP contribution in [0.25, 0.3) is 22.2 Å². The number of benzene rings is 2. The number of nitrogens with zero attached hydrogens (tertiary/aromatic N) is 3. The van der Waals surface area contributed by atoms with Crippen molar-refractivity contribution in [3.63, 3.8) is 0 Å². The number of nitrogens with one attached hydrogen (secondary N) is 3. The van der Waals surface area contributed by atoms with Crippen molar-refractivity contribution < 1.29 is 22.4 Å². The van der Waals surface area contributed by atoms with E-state index in [0.29, 0.717) is 23.0 Å². The van der Waals surface area contributed by atoms with Gasteiger partial charge >= 0.3 is 6.18 Å². The number of carbonyl (C=O) groups excluding carboxylic acids is 1. The molecular formula is C27H21F4N7O. The molecule has 0 spiro atoms. The van der Waals surface area contributed by atoms with Crippen LogP contribution >= 0.6 is 0 Å². The van der Waals surface area contributed by atoms with Gasteiger partial charge in [0, 0.05) is 29.7 Å². The number of carbonyl (C=O) groups is 1. The number of hydrogen-bond acceptors (Lipinski definition) is 6. The summed E-state index contributed by atoms with van der Waals surface area (Å²) in [5.74, 6) is -1.04. The van der Waals surface area contributed by atoms with E-state index >= 15 is 0 Å². The summed E-state index contributed by atoms with van der Waals surface area (Å²) in [5, 5.41) is 6.21. The lowest BCUT2D eigenvalue weighted by Gasteiger charge is -2.19. The highest BCUT2D eigenvalue weighted by molar-refractivity contribution is 6.07. The van der Waals surface area contributed by atoms with Crippen LogP contribution in [0.15, 0.2) is 73.3 Å². The largest absolute Gasteiger partial charge is 0.417 e. The molecule has 0 radical (unpaired) electrons. The fourth-order valence-electron chi connectivity index (χ4n) is 4.09. The average molecular weight is 536 g/mol. The molecule has 3 aromatic heterocycles. The molecule has 0 aliphatic heterocycles. The number of aromatic nitrogens is 4. The third-order valence-corrected chi connectivity index (χ3v) is 6.14. The monoisotopic (exact) mass is 535 g/mol. The zero-order valence-electron chi connectivity index (χ0n) is 20.3. The summed E-state index contributed by atoms with van der Waals surface area (Å²) in [6, 6.07) is 12.6. The molecule has 5 N–H and O–H groups in total. The van der Waals surface area contributed by atoms with Gasteiger partial charge in [-0.15, -0.1) is 0 Å². The van der Waals surface area contributed by atoms with Crippen molar-refractivity contribution in [2.24, 2.45) is 0 Å². The zero-order chi connectivity index (χ0) is 27.7. The fraction of sp³-hybridized carbons (Fsp3) is 0.111. The summed E-state index contributed by atoms with van der Waals surface area (Å²) in [5.41, 5.74) is 7.93. The second kappa shape index (κ2) is 10.0. The second-order valence-corrected chi connectivity index (χ2v) is 8.75. The molecule has 1 atom stereocenters. The first-order chi connectivity index (χ1) is 18.6. The standard InChI is InChI=1S/C27H21F4N7O/c1-14(15-2-4-16(5-3-15)21-12-34-25-22(21)23(32)35-13-36-25)37-24-20(10-17(11-33-24)27(29,30)31)26(39)38-19-8-6-18(28)7-9-19/h2-14H,1H3,(H,33,37)(H,38,39)(H3,32,34,35,36)/t14-/m1/s1. The van der Waals surface area contributed by atoms with Crippen molar-refractivity contribution in [3.05, 3.63) is 95.8 Å². The molecule has 8 nitrogen and oxygen atoms in total. The number of alkyl halides is 3. The van der Waals surface area contributed by atoms with Gasteiger partial charge in [-0.3, -0.25) is 4.79 Å². The highest BCUT2D eigenvalue weighted by Crippen LogP contribution is 2.33. The molecule has 2 aromatic carbocycles. The molecule has 0 fully saturated rings. The Bertz CT molecular complexity index is 1650. The van der Waals surface area contributed by atoms with E-state index in [1.165, 1.54) is 18.5 Å². The number of nitrogens with two attached hydrogens (primary N) is 1. The molecule has 0 saturated heterocycles. The third kappa shape index (κ3) is 5.35. The molecule has 0 saturated carbocycles. The number of pyridine rings is 1. The Morgan fingerprint density at radius 3 is 2.44 bits per heavy atom. The molecular weight excluding hydrogens is 514 g/mol. The number of H-pyrrole nitrogens is 1. The molecule has 198 valence electrons. The van der Waals surface area contributed by atoms with Crippen LogP contribution in [0, 0.1) is 5.82 Å². The van der Waals surface area contributed by atoms with E-state index in [0.717, 1.165) is 34.9 Å². The van der Waals surface area contributed by atoms with Crippen LogP contribution < -0.4 is 16.4 Å². The average Bonchev–Trinajstić information content (AvgIpc) is 3.35. The van der Waals surface area contributed by atoms with Crippen molar-refractivity contribution in [1.82, 2.24) is 19.9 Å². The quantitative estimate of drug-likeness (QED) is 0.193. The normalized spacial score (nSPS) is 12.3. The van der Waals surface area contributed by atoms with E-state index in [9.17, 15) is 22.4 Å². The highest BCUT2D eigenvalue weighted by atomic mass is 19.4. The van der Waals surface area contributed by atoms with Crippen molar-refractivity contribution in [2.75, 3.05) is 16.4 Å². The Labute approximate surface area is 219 Å². The first-order valence-electron chi connectivity index (χ1n) is 11.7. The third-order valence-electron chi connectivity index (χ3n) is 6.14. The number of nitrogen functional groups attached to an aromatic ring is 1. The van der Waals surface area contributed by atoms with Crippen molar-refractivity contribution in [3.8, 4) is 11.1 Å². The van der Waals surface area contributed by atoms with E-state index in [-0.39, 0.29) is 17.1 Å². The molecule has 5 rings (SSSR count). The van der Waals surface area contributed by atoms with E-state index in [4.69, 9.17) is 5.73 Å². The van der Waals surface area contributed by atoms with Gasteiger partial charge in [0.2, 0.25) is 0 Å². The van der Waals surface area contributed by atoms with Crippen LogP contribution in [0.5, 0.6) is 0 Å². The molecule has 5 aromatic rings. The predicted octanol–water partition coefficient (Wildman–Crippen LogP) is 6.19. The topological polar surface area (TPSA) is 122 Å². The minimum atomic E-state index is -4.70. The summed E-state index contributed by atoms with van der Waals surface area (Å²) in [4.78, 5) is 28.1. The Morgan fingerprint density at radius 2 is 1.74 bits per heavy atom. The van der Waals surface area contributed by atoms with Gasteiger partial charge in [-0.05, 0) is 48.4 Å². The lowest BCUT2D eigenvalue weighted by molar-refractivity contribution is -0.137. The summed E-state index contributed by atoms with van der Waals surface area (Å²) >= 11 is 0. The van der Waals surface area contributed by atoms with Gasteiger partial charge in [0.1, 0.15) is 29.4 Å². The molecule has 0 aliphatic rings. The molecule has 12 heteroatoms. The van der Waals surface area contributed by atoms with Crippen LogP contribution in [0.1, 0.15) is 34.5 Å². The van der Waals surface area contributed by atoms with E-state index in [2.05, 4.69) is 30.6 Å². The number of fused-ring (bicyclic) bond motifs is 1. The first-order valence-corrected chi connectivity index (χ1v) is 11.7. The van der Waals surface area contributed by atoms with Gasteiger partial charge in [-0.1, -0.05) is 24.3 Å². The van der Waals surface area contributed by atoms with Crippen LogP contribution in [-0.2, 0) is 6.18 Å². The zero-order valence-corrected chi connectivity index (χ0v) is 20.3. The Kier molecular flexibility index (Phi) is 6.60. The van der Waals surface area contributed by atoms with Crippen molar-refractivity contribution in [1.29, 1.82) is 0 Å². The number of anilines is 3. The maximum atomic E-state index is 13.4. The summed E-state index contributed by atoms with van der Waals surface area (Å²) in [6.07, 6.45) is -0.882. The van der Waals surface area contributed by atoms with Gasteiger partial charge in [-0.25, -0.2) is 19.3 Å². The number of halogens is 4. The molecule has 3 heterocycles. The first kappa shape index (κ1) is 25.6. The Hall–Kier alpha value is -5.00. The van der Waals surface area contributed by atoms with E-state index < -0.39 is 29.5 Å². The molecule has 0 aliphatic carbocycles. The minimum absolute atomic E-state index is 0.0410. The van der Waals surface area contributed by atoms with Crippen LogP contribution in [0.4, 0.5) is 34.9 Å². The van der Waals surface area contributed by atoms with Gasteiger partial charge in [0.25, 0.3) is 5.91 Å². The van der Waals surface area contributed by atoms with E-state index in [1.54, 1.807) is 13.1 Å². The molecule has 1 amide bonds.